The molecular formula is C14H18N2O4S. The normalized spacial score (nSPS) is 18.9. The first-order chi connectivity index (χ1) is 9.96. The predicted molar refractivity (Wildman–Crippen MR) is 75.4 cm³/mol. The first-order valence-electron chi connectivity index (χ1n) is 7.16. The average molecular weight is 310 g/mol. The molecule has 2 aliphatic carbocycles. The SMILES string of the molecule is O=C(O)c1ccc(S(=O)(=O)N(CC2CC2)CC2CC2)nc1. The standard InChI is InChI=1S/C14H18N2O4S/c17-14(18)12-5-6-13(15-7-12)21(19,20)16(8-10-1-2-10)9-11-3-4-11/h5-7,10-11H,1-4,8-9H2,(H,17,18). The van der Waals surface area contributed by atoms with E-state index in [1.54, 1.807) is 0 Å². The number of sulfonamides is 1. The van der Waals surface area contributed by atoms with Crippen molar-refractivity contribution < 1.29 is 18.3 Å². The van der Waals surface area contributed by atoms with Crippen molar-refractivity contribution in [2.75, 3.05) is 13.1 Å². The summed E-state index contributed by atoms with van der Waals surface area (Å²) in [6, 6.07) is 2.57. The number of nitrogens with zero attached hydrogens (tertiary/aromatic N) is 2. The Morgan fingerprint density at radius 2 is 1.76 bits per heavy atom. The van der Waals surface area contributed by atoms with Crippen LogP contribution in [0.25, 0.3) is 0 Å². The van der Waals surface area contributed by atoms with Gasteiger partial charge in [-0.2, -0.15) is 4.31 Å². The van der Waals surface area contributed by atoms with E-state index in [2.05, 4.69) is 4.98 Å². The van der Waals surface area contributed by atoms with Gasteiger partial charge in [-0.25, -0.2) is 18.2 Å². The molecule has 7 heteroatoms. The molecule has 3 rings (SSSR count). The molecule has 0 aliphatic heterocycles. The van der Waals surface area contributed by atoms with Crippen LogP contribution in [0.3, 0.4) is 0 Å². The number of hydrogen-bond acceptors (Lipinski definition) is 4. The molecule has 21 heavy (non-hydrogen) atoms. The van der Waals surface area contributed by atoms with Crippen LogP contribution in [0.15, 0.2) is 23.4 Å². The quantitative estimate of drug-likeness (QED) is 0.826. The van der Waals surface area contributed by atoms with Gasteiger partial charge in [0.05, 0.1) is 5.56 Å². The second kappa shape index (κ2) is 5.38. The Hall–Kier alpha value is -1.47. The average Bonchev–Trinajstić information content (AvgIpc) is 3.33. The minimum Gasteiger partial charge on any atom is -0.478 e. The molecule has 0 unspecified atom stereocenters. The lowest BCUT2D eigenvalue weighted by Gasteiger charge is -2.21. The molecule has 1 N–H and O–H groups in total. The van der Waals surface area contributed by atoms with Gasteiger partial charge in [-0.15, -0.1) is 0 Å². The van der Waals surface area contributed by atoms with Crippen molar-refractivity contribution in [2.45, 2.75) is 30.7 Å². The molecule has 0 amide bonds. The second-order valence-corrected chi connectivity index (χ2v) is 7.78. The van der Waals surface area contributed by atoms with E-state index in [-0.39, 0.29) is 10.6 Å². The molecule has 2 aliphatic rings. The number of carboxylic acids is 1. The minimum absolute atomic E-state index is 0.00936. The Labute approximate surface area is 123 Å². The summed E-state index contributed by atoms with van der Waals surface area (Å²) in [5.41, 5.74) is -0.00936. The van der Waals surface area contributed by atoms with E-state index in [4.69, 9.17) is 5.11 Å². The third-order valence-electron chi connectivity index (χ3n) is 3.91. The molecule has 114 valence electrons. The Bertz CT molecular complexity index is 619. The van der Waals surface area contributed by atoms with Crippen molar-refractivity contribution in [3.8, 4) is 0 Å². The van der Waals surface area contributed by atoms with Gasteiger partial charge in [0.25, 0.3) is 10.0 Å². The van der Waals surface area contributed by atoms with Gasteiger partial charge in [-0.3, -0.25) is 0 Å². The van der Waals surface area contributed by atoms with E-state index >= 15 is 0 Å². The lowest BCUT2D eigenvalue weighted by Crippen LogP contribution is -2.35. The number of aromatic nitrogens is 1. The van der Waals surface area contributed by atoms with E-state index in [1.807, 2.05) is 0 Å². The van der Waals surface area contributed by atoms with Crippen molar-refractivity contribution in [1.29, 1.82) is 0 Å². The highest BCUT2D eigenvalue weighted by Gasteiger charge is 2.36. The first-order valence-corrected chi connectivity index (χ1v) is 8.60. The van der Waals surface area contributed by atoms with Crippen molar-refractivity contribution >= 4 is 16.0 Å². The van der Waals surface area contributed by atoms with Crippen LogP contribution in [0.5, 0.6) is 0 Å². The molecule has 6 nitrogen and oxygen atoms in total. The van der Waals surface area contributed by atoms with Gasteiger partial charge in [-0.05, 0) is 49.7 Å². The molecule has 2 fully saturated rings. The van der Waals surface area contributed by atoms with Crippen LogP contribution >= 0.6 is 0 Å². The Kier molecular flexibility index (Phi) is 3.71. The highest BCUT2D eigenvalue weighted by Crippen LogP contribution is 2.35. The largest absolute Gasteiger partial charge is 0.478 e. The van der Waals surface area contributed by atoms with Crippen LogP contribution < -0.4 is 0 Å². The molecule has 1 aromatic rings. The fourth-order valence-corrected chi connectivity index (χ4v) is 3.74. The van der Waals surface area contributed by atoms with Crippen molar-refractivity contribution in [1.82, 2.24) is 9.29 Å². The number of hydrogen-bond donors (Lipinski definition) is 1. The summed E-state index contributed by atoms with van der Waals surface area (Å²) in [5, 5.41) is 8.78. The van der Waals surface area contributed by atoms with E-state index < -0.39 is 16.0 Å². The molecule has 0 bridgehead atoms. The Morgan fingerprint density at radius 1 is 1.19 bits per heavy atom. The maximum Gasteiger partial charge on any atom is 0.337 e. The van der Waals surface area contributed by atoms with Crippen LogP contribution in [-0.4, -0.2) is 41.9 Å². The first kappa shape index (κ1) is 14.5. The summed E-state index contributed by atoms with van der Waals surface area (Å²) in [5.74, 6) is -0.173. The smallest absolute Gasteiger partial charge is 0.337 e. The number of aromatic carboxylic acids is 1. The van der Waals surface area contributed by atoms with E-state index in [0.29, 0.717) is 24.9 Å². The van der Waals surface area contributed by atoms with Crippen molar-refractivity contribution in [2.24, 2.45) is 11.8 Å². The highest BCUT2D eigenvalue weighted by molar-refractivity contribution is 7.89. The molecular weight excluding hydrogens is 292 g/mol. The summed E-state index contributed by atoms with van der Waals surface area (Å²) >= 11 is 0. The lowest BCUT2D eigenvalue weighted by molar-refractivity contribution is 0.0696. The minimum atomic E-state index is -3.62. The van der Waals surface area contributed by atoms with Gasteiger partial charge >= 0.3 is 5.97 Å². The molecule has 0 aromatic carbocycles. The molecule has 0 atom stereocenters. The van der Waals surface area contributed by atoms with Crippen LogP contribution in [0, 0.1) is 11.8 Å². The fourth-order valence-electron chi connectivity index (χ4n) is 2.24. The maximum atomic E-state index is 12.7. The molecule has 1 aromatic heterocycles. The zero-order chi connectivity index (χ0) is 15.0. The van der Waals surface area contributed by atoms with Crippen molar-refractivity contribution in [3.63, 3.8) is 0 Å². The number of pyridine rings is 1. The zero-order valence-electron chi connectivity index (χ0n) is 11.6. The van der Waals surface area contributed by atoms with Gasteiger partial charge in [-0.1, -0.05) is 0 Å². The monoisotopic (exact) mass is 310 g/mol. The van der Waals surface area contributed by atoms with Gasteiger partial charge in [0.15, 0.2) is 5.03 Å². The molecule has 0 spiro atoms. The molecule has 0 saturated heterocycles. The second-order valence-electron chi connectivity index (χ2n) is 5.90. The summed E-state index contributed by atoms with van der Waals surface area (Å²) < 4.78 is 26.8. The highest BCUT2D eigenvalue weighted by atomic mass is 32.2. The van der Waals surface area contributed by atoms with Crippen LogP contribution in [0.4, 0.5) is 0 Å². The van der Waals surface area contributed by atoms with Gasteiger partial charge in [0.1, 0.15) is 0 Å². The third kappa shape index (κ3) is 3.41. The third-order valence-corrected chi connectivity index (χ3v) is 5.65. The van der Waals surface area contributed by atoms with Crippen LogP contribution in [-0.2, 0) is 10.0 Å². The Morgan fingerprint density at radius 3 is 2.14 bits per heavy atom. The number of rotatable bonds is 7. The summed E-state index contributed by atoms with van der Waals surface area (Å²) in [4.78, 5) is 14.6. The summed E-state index contributed by atoms with van der Waals surface area (Å²) in [7, 11) is -3.62. The summed E-state index contributed by atoms with van der Waals surface area (Å²) in [6.07, 6.45) is 5.44. The van der Waals surface area contributed by atoms with Gasteiger partial charge in [0, 0.05) is 19.3 Å². The topological polar surface area (TPSA) is 87.6 Å². The Balaban J connectivity index is 1.82. The van der Waals surface area contributed by atoms with Crippen LogP contribution in [0.2, 0.25) is 0 Å². The van der Waals surface area contributed by atoms with Crippen LogP contribution in [0.1, 0.15) is 36.0 Å². The van der Waals surface area contributed by atoms with Gasteiger partial charge in [0.2, 0.25) is 0 Å². The molecule has 0 radical (unpaired) electrons. The lowest BCUT2D eigenvalue weighted by atomic mass is 10.3. The number of carbonyl (C=O) groups is 1. The van der Waals surface area contributed by atoms with Gasteiger partial charge < -0.3 is 5.11 Å². The fraction of sp³-hybridized carbons (Fsp3) is 0.571. The number of carboxylic acid groups (broad SMARTS) is 1. The molecule has 2 saturated carbocycles. The zero-order valence-corrected chi connectivity index (χ0v) is 12.4. The van der Waals surface area contributed by atoms with Crippen molar-refractivity contribution in [3.05, 3.63) is 23.9 Å². The predicted octanol–water partition coefficient (Wildman–Crippen LogP) is 1.59. The van der Waals surface area contributed by atoms with E-state index in [0.717, 1.165) is 31.9 Å². The van der Waals surface area contributed by atoms with E-state index in [9.17, 15) is 13.2 Å². The maximum absolute atomic E-state index is 12.7. The van der Waals surface area contributed by atoms with E-state index in [1.165, 1.54) is 16.4 Å². The summed E-state index contributed by atoms with van der Waals surface area (Å²) in [6.45, 7) is 1.11. The molecule has 1 heterocycles.